The average Bonchev–Trinajstić information content (AvgIpc) is 3.31. The lowest BCUT2D eigenvalue weighted by Crippen LogP contribution is -2.39. The highest BCUT2D eigenvalue weighted by Crippen LogP contribution is 2.31. The SMILES string of the molecule is COc1cc(CCC(=O)N2CCCC[C@H]2c2ccnc3cc(C)nn23)on1. The molecule has 27 heavy (non-hydrogen) atoms. The van der Waals surface area contributed by atoms with Crippen LogP contribution in [0.3, 0.4) is 0 Å². The van der Waals surface area contributed by atoms with Gasteiger partial charge in [0.1, 0.15) is 5.76 Å². The molecule has 4 heterocycles. The maximum Gasteiger partial charge on any atom is 0.254 e. The smallest absolute Gasteiger partial charge is 0.254 e. The second-order valence-electron chi connectivity index (χ2n) is 6.86. The van der Waals surface area contributed by atoms with E-state index in [2.05, 4.69) is 15.2 Å². The van der Waals surface area contributed by atoms with Crippen molar-refractivity contribution in [3.05, 3.63) is 41.5 Å². The number of methoxy groups -OCH3 is 1. The van der Waals surface area contributed by atoms with Crippen molar-refractivity contribution in [2.75, 3.05) is 13.7 Å². The van der Waals surface area contributed by atoms with Crippen molar-refractivity contribution in [3.63, 3.8) is 0 Å². The topological polar surface area (TPSA) is 85.8 Å². The molecule has 1 aliphatic rings. The zero-order valence-electron chi connectivity index (χ0n) is 15.6. The summed E-state index contributed by atoms with van der Waals surface area (Å²) in [7, 11) is 1.54. The lowest BCUT2D eigenvalue weighted by atomic mass is 9.98. The maximum atomic E-state index is 13.0. The molecule has 142 valence electrons. The molecule has 4 rings (SSSR count). The molecule has 8 heteroatoms. The van der Waals surface area contributed by atoms with Gasteiger partial charge in [0.25, 0.3) is 5.88 Å². The van der Waals surface area contributed by atoms with Gasteiger partial charge in [0.15, 0.2) is 5.65 Å². The van der Waals surface area contributed by atoms with Crippen LogP contribution in [-0.4, -0.2) is 44.2 Å². The number of fused-ring (bicyclic) bond motifs is 1. The summed E-state index contributed by atoms with van der Waals surface area (Å²) in [5.74, 6) is 1.20. The van der Waals surface area contributed by atoms with Crippen LogP contribution >= 0.6 is 0 Å². The normalized spacial score (nSPS) is 17.4. The van der Waals surface area contributed by atoms with Gasteiger partial charge in [-0.05, 0) is 37.4 Å². The van der Waals surface area contributed by atoms with Crippen LogP contribution in [0.4, 0.5) is 0 Å². The Kier molecular flexibility index (Phi) is 4.79. The molecule has 1 atom stereocenters. The molecule has 1 saturated heterocycles. The number of aromatic nitrogens is 4. The second kappa shape index (κ2) is 7.38. The van der Waals surface area contributed by atoms with Gasteiger partial charge in [-0.15, -0.1) is 0 Å². The minimum absolute atomic E-state index is 0.0142. The standard InChI is InChI=1S/C19H23N5O3/c1-13-11-17-20-9-8-16(24(17)21-13)15-5-3-4-10-23(15)19(25)7-6-14-12-18(26-2)22-27-14/h8-9,11-12,15H,3-7,10H2,1-2H3/t15-/m0/s1. The Balaban J connectivity index is 1.53. The number of aryl methyl sites for hydroxylation is 2. The van der Waals surface area contributed by atoms with E-state index in [0.29, 0.717) is 24.5 Å². The number of ether oxygens (including phenoxy) is 1. The number of rotatable bonds is 5. The number of piperidine rings is 1. The first-order chi connectivity index (χ1) is 13.2. The summed E-state index contributed by atoms with van der Waals surface area (Å²) in [5, 5.41) is 8.35. The fourth-order valence-electron chi connectivity index (χ4n) is 3.70. The molecule has 0 spiro atoms. The molecule has 3 aromatic rings. The van der Waals surface area contributed by atoms with Crippen LogP contribution in [0.5, 0.6) is 5.88 Å². The largest absolute Gasteiger partial charge is 0.479 e. The summed E-state index contributed by atoms with van der Waals surface area (Å²) in [6, 6.07) is 5.66. The molecule has 8 nitrogen and oxygen atoms in total. The molecule has 0 N–H and O–H groups in total. The van der Waals surface area contributed by atoms with Gasteiger partial charge in [0, 0.05) is 37.7 Å². The fraction of sp³-hybridized carbons (Fsp3) is 0.474. The molecule has 0 saturated carbocycles. The van der Waals surface area contributed by atoms with Crippen LogP contribution in [-0.2, 0) is 11.2 Å². The molecule has 1 aliphatic heterocycles. The van der Waals surface area contributed by atoms with Crippen molar-refractivity contribution < 1.29 is 14.1 Å². The summed E-state index contributed by atoms with van der Waals surface area (Å²) < 4.78 is 12.1. The van der Waals surface area contributed by atoms with E-state index in [1.165, 1.54) is 7.11 Å². The quantitative estimate of drug-likeness (QED) is 0.687. The monoisotopic (exact) mass is 369 g/mol. The highest BCUT2D eigenvalue weighted by molar-refractivity contribution is 5.77. The number of hydrogen-bond donors (Lipinski definition) is 0. The lowest BCUT2D eigenvalue weighted by molar-refractivity contribution is -0.135. The van der Waals surface area contributed by atoms with Crippen LogP contribution in [0.2, 0.25) is 0 Å². The first-order valence-electron chi connectivity index (χ1n) is 9.26. The van der Waals surface area contributed by atoms with Crippen molar-refractivity contribution in [1.29, 1.82) is 0 Å². The number of amides is 1. The van der Waals surface area contributed by atoms with Crippen molar-refractivity contribution in [2.45, 2.75) is 45.1 Å². The van der Waals surface area contributed by atoms with E-state index in [4.69, 9.17) is 9.26 Å². The van der Waals surface area contributed by atoms with Gasteiger partial charge >= 0.3 is 0 Å². The van der Waals surface area contributed by atoms with Crippen LogP contribution in [0.25, 0.3) is 5.65 Å². The molecule has 0 aromatic carbocycles. The number of nitrogens with zero attached hydrogens (tertiary/aromatic N) is 5. The van der Waals surface area contributed by atoms with E-state index in [1.54, 1.807) is 12.3 Å². The Morgan fingerprint density at radius 1 is 1.37 bits per heavy atom. The third kappa shape index (κ3) is 3.51. The van der Waals surface area contributed by atoms with E-state index in [0.717, 1.165) is 42.8 Å². The summed E-state index contributed by atoms with van der Waals surface area (Å²) in [6.45, 7) is 2.71. The van der Waals surface area contributed by atoms with Gasteiger partial charge < -0.3 is 14.2 Å². The highest BCUT2D eigenvalue weighted by Gasteiger charge is 2.30. The first kappa shape index (κ1) is 17.5. The predicted molar refractivity (Wildman–Crippen MR) is 97.4 cm³/mol. The Morgan fingerprint density at radius 2 is 2.26 bits per heavy atom. The first-order valence-corrected chi connectivity index (χ1v) is 9.26. The van der Waals surface area contributed by atoms with Crippen LogP contribution in [0.1, 0.15) is 48.9 Å². The Labute approximate surface area is 157 Å². The molecule has 3 aromatic heterocycles. The molecule has 0 unspecified atom stereocenters. The lowest BCUT2D eigenvalue weighted by Gasteiger charge is -2.36. The van der Waals surface area contributed by atoms with E-state index < -0.39 is 0 Å². The molecular formula is C19H23N5O3. The summed E-state index contributed by atoms with van der Waals surface area (Å²) >= 11 is 0. The van der Waals surface area contributed by atoms with Crippen LogP contribution in [0.15, 0.2) is 28.9 Å². The van der Waals surface area contributed by atoms with Crippen molar-refractivity contribution in [1.82, 2.24) is 24.7 Å². The van der Waals surface area contributed by atoms with Gasteiger partial charge in [0.2, 0.25) is 5.91 Å². The molecule has 1 amide bonds. The predicted octanol–water partition coefficient (Wildman–Crippen LogP) is 2.72. The van der Waals surface area contributed by atoms with Gasteiger partial charge in [0.05, 0.1) is 24.5 Å². The molecule has 1 fully saturated rings. The van der Waals surface area contributed by atoms with Crippen LogP contribution < -0.4 is 4.74 Å². The Hall–Kier alpha value is -2.90. The van der Waals surface area contributed by atoms with Crippen molar-refractivity contribution >= 4 is 11.6 Å². The second-order valence-corrected chi connectivity index (χ2v) is 6.86. The molecule has 0 bridgehead atoms. The minimum atomic E-state index is 0.0142. The van der Waals surface area contributed by atoms with Gasteiger partial charge in [-0.2, -0.15) is 5.10 Å². The van der Waals surface area contributed by atoms with Gasteiger partial charge in [-0.25, -0.2) is 9.50 Å². The zero-order valence-corrected chi connectivity index (χ0v) is 15.6. The minimum Gasteiger partial charge on any atom is -0.479 e. The number of carbonyl (C=O) groups excluding carboxylic acids is 1. The fourth-order valence-corrected chi connectivity index (χ4v) is 3.70. The number of hydrogen-bond acceptors (Lipinski definition) is 6. The summed E-state index contributed by atoms with van der Waals surface area (Å²) in [5.41, 5.74) is 2.75. The number of likely N-dealkylation sites (tertiary alicyclic amines) is 1. The molecular weight excluding hydrogens is 346 g/mol. The van der Waals surface area contributed by atoms with Crippen molar-refractivity contribution in [2.24, 2.45) is 0 Å². The van der Waals surface area contributed by atoms with E-state index in [1.807, 2.05) is 28.5 Å². The van der Waals surface area contributed by atoms with Gasteiger partial charge in [-0.3, -0.25) is 4.79 Å². The summed E-state index contributed by atoms with van der Waals surface area (Å²) in [4.78, 5) is 19.3. The van der Waals surface area contributed by atoms with Crippen LogP contribution in [0, 0.1) is 6.92 Å². The van der Waals surface area contributed by atoms with E-state index >= 15 is 0 Å². The summed E-state index contributed by atoms with van der Waals surface area (Å²) in [6.07, 6.45) is 5.72. The Bertz CT molecular complexity index is 948. The average molecular weight is 369 g/mol. The highest BCUT2D eigenvalue weighted by atomic mass is 16.5. The van der Waals surface area contributed by atoms with Crippen molar-refractivity contribution in [3.8, 4) is 5.88 Å². The maximum absolute atomic E-state index is 13.0. The molecule has 0 aliphatic carbocycles. The van der Waals surface area contributed by atoms with E-state index in [-0.39, 0.29) is 11.9 Å². The third-order valence-electron chi connectivity index (χ3n) is 5.01. The zero-order chi connectivity index (χ0) is 18.8. The molecule has 0 radical (unpaired) electrons. The van der Waals surface area contributed by atoms with Gasteiger partial charge in [-0.1, -0.05) is 0 Å². The third-order valence-corrected chi connectivity index (χ3v) is 5.01. The number of carbonyl (C=O) groups is 1. The Morgan fingerprint density at radius 3 is 3.07 bits per heavy atom. The van der Waals surface area contributed by atoms with E-state index in [9.17, 15) is 4.79 Å².